The maximum atomic E-state index is 5.76. The molecule has 0 fully saturated rings. The van der Waals surface area contributed by atoms with Crippen molar-refractivity contribution in [2.45, 2.75) is 90.6 Å². The summed E-state index contributed by atoms with van der Waals surface area (Å²) in [7, 11) is 0. The summed E-state index contributed by atoms with van der Waals surface area (Å²) in [5.74, 6) is 0. The molecule has 0 atom stereocenters. The van der Waals surface area contributed by atoms with Crippen LogP contribution in [-0.4, -0.2) is 6.61 Å². The molecule has 1 aromatic rings. The van der Waals surface area contributed by atoms with Crippen molar-refractivity contribution >= 4 is 6.08 Å². The predicted octanol–water partition coefficient (Wildman–Crippen LogP) is 7.55. The summed E-state index contributed by atoms with van der Waals surface area (Å²) in [5, 5.41) is 0. The van der Waals surface area contributed by atoms with Gasteiger partial charge in [-0.05, 0) is 17.5 Å². The summed E-state index contributed by atoms with van der Waals surface area (Å²) in [6.45, 7) is 7.68. The molecular formula is C23H38O. The molecule has 0 aliphatic heterocycles. The van der Waals surface area contributed by atoms with Crippen molar-refractivity contribution < 1.29 is 4.74 Å². The van der Waals surface area contributed by atoms with Crippen LogP contribution in [0.5, 0.6) is 0 Å². The SMILES string of the molecule is C=Cc1ccc(COCCCCCCCCCCCCCC)cc1. The van der Waals surface area contributed by atoms with E-state index >= 15 is 0 Å². The first-order chi connectivity index (χ1) is 11.9. The zero-order valence-corrected chi connectivity index (χ0v) is 15.9. The van der Waals surface area contributed by atoms with Gasteiger partial charge in [0.2, 0.25) is 0 Å². The Morgan fingerprint density at radius 2 is 1.25 bits per heavy atom. The topological polar surface area (TPSA) is 9.23 Å². The Kier molecular flexibility index (Phi) is 13.5. The molecule has 0 unspecified atom stereocenters. The molecule has 1 aromatic carbocycles. The van der Waals surface area contributed by atoms with Crippen LogP contribution < -0.4 is 0 Å². The van der Waals surface area contributed by atoms with Gasteiger partial charge in [-0.25, -0.2) is 0 Å². The molecule has 0 heterocycles. The summed E-state index contributed by atoms with van der Waals surface area (Å²) in [4.78, 5) is 0. The molecule has 0 N–H and O–H groups in total. The molecule has 0 spiro atoms. The van der Waals surface area contributed by atoms with E-state index < -0.39 is 0 Å². The highest BCUT2D eigenvalue weighted by atomic mass is 16.5. The summed E-state index contributed by atoms with van der Waals surface area (Å²) in [5.41, 5.74) is 2.42. The molecule has 0 bridgehead atoms. The molecule has 0 aliphatic rings. The predicted molar refractivity (Wildman–Crippen MR) is 107 cm³/mol. The van der Waals surface area contributed by atoms with Crippen molar-refractivity contribution in [3.05, 3.63) is 42.0 Å². The fourth-order valence-corrected chi connectivity index (χ4v) is 2.99. The van der Waals surface area contributed by atoms with Gasteiger partial charge in [-0.1, -0.05) is 114 Å². The fraction of sp³-hybridized carbons (Fsp3) is 0.652. The van der Waals surface area contributed by atoms with Crippen LogP contribution in [0.3, 0.4) is 0 Å². The average molecular weight is 331 g/mol. The maximum absolute atomic E-state index is 5.76. The van der Waals surface area contributed by atoms with Crippen molar-refractivity contribution in [3.63, 3.8) is 0 Å². The highest BCUT2D eigenvalue weighted by molar-refractivity contribution is 5.47. The van der Waals surface area contributed by atoms with Gasteiger partial charge in [0.15, 0.2) is 0 Å². The second kappa shape index (κ2) is 15.4. The maximum Gasteiger partial charge on any atom is 0.0716 e. The van der Waals surface area contributed by atoms with Gasteiger partial charge in [-0.15, -0.1) is 0 Å². The zero-order valence-electron chi connectivity index (χ0n) is 15.9. The number of rotatable bonds is 16. The zero-order chi connectivity index (χ0) is 17.3. The highest BCUT2D eigenvalue weighted by Gasteiger charge is 1.95. The average Bonchev–Trinajstić information content (AvgIpc) is 2.62. The lowest BCUT2D eigenvalue weighted by molar-refractivity contribution is 0.116. The van der Waals surface area contributed by atoms with E-state index in [0.29, 0.717) is 0 Å². The van der Waals surface area contributed by atoms with Gasteiger partial charge < -0.3 is 4.74 Å². The van der Waals surface area contributed by atoms with Crippen molar-refractivity contribution in [2.24, 2.45) is 0 Å². The normalized spacial score (nSPS) is 10.9. The van der Waals surface area contributed by atoms with Crippen LogP contribution in [0.2, 0.25) is 0 Å². The Hall–Kier alpha value is -1.08. The molecule has 0 saturated carbocycles. The van der Waals surface area contributed by atoms with Crippen LogP contribution in [0.4, 0.5) is 0 Å². The van der Waals surface area contributed by atoms with E-state index in [-0.39, 0.29) is 0 Å². The number of benzene rings is 1. The van der Waals surface area contributed by atoms with E-state index in [1.54, 1.807) is 0 Å². The van der Waals surface area contributed by atoms with Gasteiger partial charge in [0.1, 0.15) is 0 Å². The number of unbranched alkanes of at least 4 members (excludes halogenated alkanes) is 11. The lowest BCUT2D eigenvalue weighted by Gasteiger charge is -2.05. The van der Waals surface area contributed by atoms with Gasteiger partial charge >= 0.3 is 0 Å². The Labute approximate surface area is 150 Å². The van der Waals surface area contributed by atoms with Crippen molar-refractivity contribution in [3.8, 4) is 0 Å². The number of hydrogen-bond donors (Lipinski definition) is 0. The minimum Gasteiger partial charge on any atom is -0.377 e. The summed E-state index contributed by atoms with van der Waals surface area (Å²) in [6, 6.07) is 8.43. The standard InChI is InChI=1S/C23H38O/c1-3-5-6-7-8-9-10-11-12-13-14-15-20-24-21-23-18-16-22(4-2)17-19-23/h4,16-19H,2-3,5-15,20-21H2,1H3. The van der Waals surface area contributed by atoms with Gasteiger partial charge in [0.05, 0.1) is 6.61 Å². The molecule has 0 amide bonds. The van der Waals surface area contributed by atoms with E-state index in [2.05, 4.69) is 37.8 Å². The monoisotopic (exact) mass is 330 g/mol. The number of ether oxygens (including phenoxy) is 1. The van der Waals surface area contributed by atoms with E-state index in [1.807, 2.05) is 6.08 Å². The summed E-state index contributed by atoms with van der Waals surface area (Å²) in [6.07, 6.45) is 18.5. The smallest absolute Gasteiger partial charge is 0.0716 e. The molecular weight excluding hydrogens is 292 g/mol. The van der Waals surface area contributed by atoms with E-state index in [1.165, 1.54) is 88.2 Å². The Balaban J connectivity index is 1.81. The van der Waals surface area contributed by atoms with E-state index in [0.717, 1.165) is 13.2 Å². The first-order valence-corrected chi connectivity index (χ1v) is 10.2. The lowest BCUT2D eigenvalue weighted by atomic mass is 10.1. The van der Waals surface area contributed by atoms with Gasteiger partial charge in [-0.2, -0.15) is 0 Å². The van der Waals surface area contributed by atoms with Crippen molar-refractivity contribution in [1.29, 1.82) is 0 Å². The minimum absolute atomic E-state index is 0.732. The third-order valence-corrected chi connectivity index (χ3v) is 4.63. The van der Waals surface area contributed by atoms with Crippen LogP contribution in [-0.2, 0) is 11.3 Å². The lowest BCUT2D eigenvalue weighted by Crippen LogP contribution is -1.95. The first-order valence-electron chi connectivity index (χ1n) is 10.2. The Bertz CT molecular complexity index is 393. The summed E-state index contributed by atoms with van der Waals surface area (Å²) >= 11 is 0. The second-order valence-electron chi connectivity index (χ2n) is 6.89. The highest BCUT2D eigenvalue weighted by Crippen LogP contribution is 2.12. The quantitative estimate of drug-likeness (QED) is 0.284. The second-order valence-corrected chi connectivity index (χ2v) is 6.89. The molecule has 1 nitrogen and oxygen atoms in total. The van der Waals surface area contributed by atoms with E-state index in [9.17, 15) is 0 Å². The molecule has 24 heavy (non-hydrogen) atoms. The van der Waals surface area contributed by atoms with Gasteiger partial charge in [-0.3, -0.25) is 0 Å². The molecule has 136 valence electrons. The van der Waals surface area contributed by atoms with Crippen LogP contribution in [0.25, 0.3) is 6.08 Å². The van der Waals surface area contributed by atoms with Crippen LogP contribution >= 0.6 is 0 Å². The third kappa shape index (κ3) is 11.5. The van der Waals surface area contributed by atoms with Crippen molar-refractivity contribution in [1.82, 2.24) is 0 Å². The van der Waals surface area contributed by atoms with Crippen LogP contribution in [0, 0.1) is 0 Å². The van der Waals surface area contributed by atoms with Crippen LogP contribution in [0.15, 0.2) is 30.8 Å². The minimum atomic E-state index is 0.732. The fourth-order valence-electron chi connectivity index (χ4n) is 2.99. The first kappa shape index (κ1) is 21.0. The largest absolute Gasteiger partial charge is 0.377 e. The van der Waals surface area contributed by atoms with Gasteiger partial charge in [0.25, 0.3) is 0 Å². The van der Waals surface area contributed by atoms with E-state index in [4.69, 9.17) is 4.74 Å². The van der Waals surface area contributed by atoms with Crippen molar-refractivity contribution in [2.75, 3.05) is 6.61 Å². The molecule has 0 saturated heterocycles. The molecule has 0 aromatic heterocycles. The van der Waals surface area contributed by atoms with Crippen LogP contribution in [0.1, 0.15) is 95.1 Å². The number of hydrogen-bond acceptors (Lipinski definition) is 1. The molecule has 0 radical (unpaired) electrons. The molecule has 0 aliphatic carbocycles. The Morgan fingerprint density at radius 1 is 0.750 bits per heavy atom. The Morgan fingerprint density at radius 3 is 1.75 bits per heavy atom. The van der Waals surface area contributed by atoms with Gasteiger partial charge in [0, 0.05) is 6.61 Å². The molecule has 1 heteroatoms. The third-order valence-electron chi connectivity index (χ3n) is 4.63. The summed E-state index contributed by atoms with van der Waals surface area (Å²) < 4.78 is 5.76. The molecule has 1 rings (SSSR count).